The van der Waals surface area contributed by atoms with E-state index in [1.54, 1.807) is 6.07 Å². The Hall–Kier alpha value is -3.11. The Morgan fingerprint density at radius 3 is 2.68 bits per heavy atom. The quantitative estimate of drug-likeness (QED) is 0.346. The minimum atomic E-state index is -0.525. The van der Waals surface area contributed by atoms with Crippen LogP contribution in [-0.4, -0.2) is 32.5 Å². The lowest BCUT2D eigenvalue weighted by Gasteiger charge is -2.14. The summed E-state index contributed by atoms with van der Waals surface area (Å²) in [5.41, 5.74) is 0.775. The number of thioether (sulfide) groups is 1. The average molecular weight is 417 g/mol. The summed E-state index contributed by atoms with van der Waals surface area (Å²) in [6.45, 7) is -0.297. The molecule has 1 aliphatic rings. The highest BCUT2D eigenvalue weighted by atomic mass is 32.2. The van der Waals surface area contributed by atoms with Gasteiger partial charge >= 0.3 is 0 Å². The molecule has 28 heavy (non-hydrogen) atoms. The van der Waals surface area contributed by atoms with Gasteiger partial charge in [-0.05, 0) is 35.9 Å². The SMILES string of the molecule is O=C(CN1C(=O)/C(=C/c2cccc([N+](=O)[O-])c2)SC1=S)Nc1ccc(F)cc1. The summed E-state index contributed by atoms with van der Waals surface area (Å²) in [5.74, 6) is -1.38. The van der Waals surface area contributed by atoms with Gasteiger partial charge in [0, 0.05) is 17.8 Å². The minimum Gasteiger partial charge on any atom is -0.325 e. The first-order valence-corrected chi connectivity index (χ1v) is 9.11. The van der Waals surface area contributed by atoms with Gasteiger partial charge in [-0.2, -0.15) is 0 Å². The smallest absolute Gasteiger partial charge is 0.270 e. The number of nitro benzene ring substituents is 1. The molecule has 2 amide bonds. The molecular weight excluding hydrogens is 405 g/mol. The highest BCUT2D eigenvalue weighted by Gasteiger charge is 2.33. The van der Waals surface area contributed by atoms with Crippen molar-refractivity contribution >= 4 is 57.6 Å². The Bertz CT molecular complexity index is 1010. The van der Waals surface area contributed by atoms with Crippen LogP contribution in [0.3, 0.4) is 0 Å². The molecule has 1 saturated heterocycles. The van der Waals surface area contributed by atoms with Crippen molar-refractivity contribution in [2.24, 2.45) is 0 Å². The first kappa shape index (κ1) is 19.6. The minimum absolute atomic E-state index is 0.0945. The molecule has 0 bridgehead atoms. The van der Waals surface area contributed by atoms with Crippen LogP contribution in [0, 0.1) is 15.9 Å². The lowest BCUT2D eigenvalue weighted by Crippen LogP contribution is -2.36. The van der Waals surface area contributed by atoms with Gasteiger partial charge in [0.1, 0.15) is 16.7 Å². The van der Waals surface area contributed by atoms with Crippen LogP contribution in [0.1, 0.15) is 5.56 Å². The number of non-ortho nitro benzene ring substituents is 1. The molecule has 0 aliphatic carbocycles. The molecule has 10 heteroatoms. The van der Waals surface area contributed by atoms with Crippen LogP contribution in [0.4, 0.5) is 15.8 Å². The maximum atomic E-state index is 12.9. The molecule has 1 heterocycles. The normalized spacial score (nSPS) is 15.2. The molecule has 0 spiro atoms. The lowest BCUT2D eigenvalue weighted by atomic mass is 10.2. The summed E-state index contributed by atoms with van der Waals surface area (Å²) in [4.78, 5) is 36.5. The van der Waals surface area contributed by atoms with Gasteiger partial charge in [0.25, 0.3) is 11.6 Å². The van der Waals surface area contributed by atoms with E-state index in [9.17, 15) is 24.1 Å². The summed E-state index contributed by atoms with van der Waals surface area (Å²) in [6.07, 6.45) is 1.49. The molecule has 7 nitrogen and oxygen atoms in total. The first-order valence-electron chi connectivity index (χ1n) is 7.89. The van der Waals surface area contributed by atoms with Crippen molar-refractivity contribution in [2.75, 3.05) is 11.9 Å². The van der Waals surface area contributed by atoms with Crippen LogP contribution >= 0.6 is 24.0 Å². The molecule has 142 valence electrons. The number of hydrogen-bond donors (Lipinski definition) is 1. The number of rotatable bonds is 5. The van der Waals surface area contributed by atoms with Gasteiger partial charge in [-0.1, -0.05) is 36.1 Å². The number of anilines is 1. The van der Waals surface area contributed by atoms with Gasteiger partial charge < -0.3 is 5.32 Å². The molecule has 0 atom stereocenters. The molecule has 1 aliphatic heterocycles. The van der Waals surface area contributed by atoms with Crippen LogP contribution in [0.2, 0.25) is 0 Å². The fraction of sp³-hybridized carbons (Fsp3) is 0.0556. The zero-order chi connectivity index (χ0) is 20.3. The number of nitrogens with zero attached hydrogens (tertiary/aromatic N) is 2. The first-order chi connectivity index (χ1) is 13.3. The molecule has 3 rings (SSSR count). The Morgan fingerprint density at radius 2 is 2.00 bits per heavy atom. The molecule has 1 fully saturated rings. The van der Waals surface area contributed by atoms with Crippen molar-refractivity contribution in [3.8, 4) is 0 Å². The van der Waals surface area contributed by atoms with E-state index in [0.717, 1.165) is 16.7 Å². The second-order valence-electron chi connectivity index (χ2n) is 5.68. The maximum Gasteiger partial charge on any atom is 0.270 e. The van der Waals surface area contributed by atoms with Gasteiger partial charge in [0.05, 0.1) is 9.83 Å². The van der Waals surface area contributed by atoms with Crippen molar-refractivity contribution in [3.05, 3.63) is 74.9 Å². The number of benzene rings is 2. The maximum absolute atomic E-state index is 12.9. The summed E-state index contributed by atoms with van der Waals surface area (Å²) in [7, 11) is 0. The molecule has 2 aromatic carbocycles. The van der Waals surface area contributed by atoms with Crippen molar-refractivity contribution in [1.29, 1.82) is 0 Å². The van der Waals surface area contributed by atoms with Gasteiger partial charge in [-0.3, -0.25) is 24.6 Å². The van der Waals surface area contributed by atoms with Crippen LogP contribution in [0.5, 0.6) is 0 Å². The fourth-order valence-corrected chi connectivity index (χ4v) is 3.65. The molecular formula is C18H12FN3O4S2. The van der Waals surface area contributed by atoms with Gasteiger partial charge in [-0.15, -0.1) is 0 Å². The van der Waals surface area contributed by atoms with Gasteiger partial charge in [-0.25, -0.2) is 4.39 Å². The van der Waals surface area contributed by atoms with E-state index in [-0.39, 0.29) is 21.5 Å². The van der Waals surface area contributed by atoms with Crippen molar-refractivity contribution in [1.82, 2.24) is 4.90 Å². The zero-order valence-electron chi connectivity index (χ0n) is 14.1. The number of halogens is 1. The highest BCUT2D eigenvalue weighted by molar-refractivity contribution is 8.26. The van der Waals surface area contributed by atoms with E-state index in [1.807, 2.05) is 0 Å². The van der Waals surface area contributed by atoms with Crippen molar-refractivity contribution in [3.63, 3.8) is 0 Å². The third kappa shape index (κ3) is 4.59. The zero-order valence-corrected chi connectivity index (χ0v) is 15.8. The van der Waals surface area contributed by atoms with Crippen LogP contribution in [-0.2, 0) is 9.59 Å². The number of carbonyl (C=O) groups excluding carboxylic acids is 2. The number of amides is 2. The standard InChI is InChI=1S/C18H12FN3O4S2/c19-12-4-6-13(7-5-12)20-16(23)10-21-17(24)15(28-18(21)27)9-11-2-1-3-14(8-11)22(25)26/h1-9H,10H2,(H,20,23)/b15-9-. The number of nitrogens with one attached hydrogen (secondary N) is 1. The Balaban J connectivity index is 1.71. The van der Waals surface area contributed by atoms with Gasteiger partial charge in [0.15, 0.2) is 0 Å². The molecule has 2 aromatic rings. The Labute approximate surface area is 168 Å². The largest absolute Gasteiger partial charge is 0.325 e. The van der Waals surface area contributed by atoms with E-state index in [0.29, 0.717) is 11.3 Å². The molecule has 0 aromatic heterocycles. The predicted molar refractivity (Wildman–Crippen MR) is 108 cm³/mol. The highest BCUT2D eigenvalue weighted by Crippen LogP contribution is 2.32. The second-order valence-corrected chi connectivity index (χ2v) is 7.35. The van der Waals surface area contributed by atoms with Gasteiger partial charge in [0.2, 0.25) is 5.91 Å². The number of hydrogen-bond acceptors (Lipinski definition) is 6. The number of carbonyl (C=O) groups is 2. The lowest BCUT2D eigenvalue weighted by molar-refractivity contribution is -0.384. The van der Waals surface area contributed by atoms with Crippen LogP contribution < -0.4 is 5.32 Å². The Kier molecular flexibility index (Phi) is 5.81. The summed E-state index contributed by atoms with van der Waals surface area (Å²) in [6, 6.07) is 11.0. The van der Waals surface area contributed by atoms with Crippen LogP contribution in [0.15, 0.2) is 53.4 Å². The van der Waals surface area contributed by atoms with E-state index in [2.05, 4.69) is 5.32 Å². The number of thiocarbonyl (C=S) groups is 1. The average Bonchev–Trinajstić information content (AvgIpc) is 2.91. The number of nitro groups is 1. The van der Waals surface area contributed by atoms with E-state index in [4.69, 9.17) is 12.2 Å². The summed E-state index contributed by atoms with van der Waals surface area (Å²) < 4.78 is 13.1. The summed E-state index contributed by atoms with van der Waals surface area (Å²) in [5, 5.41) is 13.4. The molecule has 0 radical (unpaired) electrons. The molecule has 0 saturated carbocycles. The second kappa shape index (κ2) is 8.28. The van der Waals surface area contributed by atoms with Crippen LogP contribution in [0.25, 0.3) is 6.08 Å². The van der Waals surface area contributed by atoms with E-state index >= 15 is 0 Å². The predicted octanol–water partition coefficient (Wildman–Crippen LogP) is 3.57. The monoisotopic (exact) mass is 417 g/mol. The fourth-order valence-electron chi connectivity index (χ4n) is 2.39. The summed E-state index contributed by atoms with van der Waals surface area (Å²) >= 11 is 6.18. The Morgan fingerprint density at radius 1 is 1.29 bits per heavy atom. The van der Waals surface area contributed by atoms with E-state index in [1.165, 1.54) is 48.5 Å². The molecule has 0 unspecified atom stereocenters. The third-order valence-corrected chi connectivity index (χ3v) is 5.06. The van der Waals surface area contributed by atoms with Crippen molar-refractivity contribution in [2.45, 2.75) is 0 Å². The topological polar surface area (TPSA) is 92.5 Å². The molecule has 1 N–H and O–H groups in total. The third-order valence-electron chi connectivity index (χ3n) is 3.68. The van der Waals surface area contributed by atoms with Crippen molar-refractivity contribution < 1.29 is 18.9 Å². The van der Waals surface area contributed by atoms with E-state index < -0.39 is 22.6 Å².